The van der Waals surface area contributed by atoms with E-state index < -0.39 is 6.35 Å². The van der Waals surface area contributed by atoms with Crippen LogP contribution in [0.4, 0.5) is 0 Å². The number of nitrogens with zero attached hydrogens (tertiary/aromatic N) is 6. The van der Waals surface area contributed by atoms with Crippen molar-refractivity contribution in [1.82, 2.24) is 29.7 Å². The minimum Gasteiger partial charge on any atom is -0.394 e. The molecule has 1 saturated heterocycles. The summed E-state index contributed by atoms with van der Waals surface area (Å²) in [6.45, 7) is 2.90. The summed E-state index contributed by atoms with van der Waals surface area (Å²) in [5.41, 5.74) is 2.27. The Morgan fingerprint density at radius 1 is 1.09 bits per heavy atom. The van der Waals surface area contributed by atoms with Crippen molar-refractivity contribution >= 4 is 0 Å². The van der Waals surface area contributed by atoms with E-state index in [0.29, 0.717) is 19.0 Å². The van der Waals surface area contributed by atoms with Gasteiger partial charge in [-0.25, -0.2) is 4.68 Å². The predicted molar refractivity (Wildman–Crippen MR) is 131 cm³/mol. The van der Waals surface area contributed by atoms with Gasteiger partial charge in [-0.3, -0.25) is 14.7 Å². The Balaban J connectivity index is 1.37. The van der Waals surface area contributed by atoms with Gasteiger partial charge >= 0.3 is 0 Å². The molecule has 2 heterocycles. The van der Waals surface area contributed by atoms with Crippen molar-refractivity contribution in [2.45, 2.75) is 75.5 Å². The number of aromatic nitrogens is 3. The maximum Gasteiger partial charge on any atom is 0.166 e. The van der Waals surface area contributed by atoms with Gasteiger partial charge in [0.05, 0.1) is 18.8 Å². The molecule has 3 aliphatic rings. The molecule has 1 unspecified atom stereocenters. The van der Waals surface area contributed by atoms with E-state index in [-0.39, 0.29) is 17.7 Å². The molecule has 1 aromatic carbocycles. The van der Waals surface area contributed by atoms with E-state index in [2.05, 4.69) is 69.4 Å². The lowest BCUT2D eigenvalue weighted by atomic mass is 9.68. The average molecular weight is 469 g/mol. The highest BCUT2D eigenvalue weighted by atomic mass is 16.3. The van der Waals surface area contributed by atoms with Crippen molar-refractivity contribution in [3.05, 3.63) is 47.8 Å². The smallest absolute Gasteiger partial charge is 0.166 e. The summed E-state index contributed by atoms with van der Waals surface area (Å²) in [6.07, 6.45) is 9.47. The highest BCUT2D eigenvalue weighted by Gasteiger charge is 2.55. The monoisotopic (exact) mass is 468 g/mol. The van der Waals surface area contributed by atoms with Crippen LogP contribution in [0, 0.1) is 5.92 Å². The zero-order valence-electron chi connectivity index (χ0n) is 20.7. The summed E-state index contributed by atoms with van der Waals surface area (Å²) in [5.74, 6) is 0.701. The molecule has 1 atom stereocenters. The van der Waals surface area contributed by atoms with Crippen LogP contribution in [0.5, 0.6) is 0 Å². The fourth-order valence-electron chi connectivity index (χ4n) is 6.52. The van der Waals surface area contributed by atoms with Crippen LogP contribution >= 0.6 is 0 Å². The first kappa shape index (κ1) is 23.9. The maximum absolute atomic E-state index is 11.5. The minimum absolute atomic E-state index is 0.00953. The van der Waals surface area contributed by atoms with Crippen molar-refractivity contribution in [3.8, 4) is 0 Å². The van der Waals surface area contributed by atoms with E-state index in [4.69, 9.17) is 0 Å². The standard InChI is InChI=1S/C26H40N6O2/c1-29(2)26(22-9-4-3-5-10-22)13-11-25(12-14-26)20-30(18-23-19-31(15-16-33)28-27-23)24(34)32(25)17-21-7-6-8-21/h3-5,9-10,19,21,24,33-34H,6-8,11-18,20H2,1-2H3. The van der Waals surface area contributed by atoms with Crippen LogP contribution < -0.4 is 0 Å². The largest absolute Gasteiger partial charge is 0.394 e. The SMILES string of the molecule is CN(C)C1(c2ccccc2)CCC2(CC1)CN(Cc1cn(CCO)nn1)C(O)N2CC1CCC1. The predicted octanol–water partition coefficient (Wildman–Crippen LogP) is 2.23. The molecule has 0 amide bonds. The Bertz CT molecular complexity index is 936. The molecule has 2 aliphatic carbocycles. The summed E-state index contributed by atoms with van der Waals surface area (Å²) >= 11 is 0. The Labute approximate surface area is 203 Å². The van der Waals surface area contributed by atoms with Gasteiger partial charge in [0.2, 0.25) is 0 Å². The highest BCUT2D eigenvalue weighted by Crippen LogP contribution is 2.50. The molecule has 1 aromatic heterocycles. The normalized spacial score (nSPS) is 30.9. The third kappa shape index (κ3) is 4.31. The molecule has 1 spiro atoms. The van der Waals surface area contributed by atoms with E-state index in [9.17, 15) is 10.2 Å². The summed E-state index contributed by atoms with van der Waals surface area (Å²) in [6, 6.07) is 10.9. The van der Waals surface area contributed by atoms with E-state index in [1.54, 1.807) is 4.68 Å². The summed E-state index contributed by atoms with van der Waals surface area (Å²) in [7, 11) is 4.42. The van der Waals surface area contributed by atoms with E-state index in [1.165, 1.54) is 24.8 Å². The summed E-state index contributed by atoms with van der Waals surface area (Å²) in [4.78, 5) is 7.02. The third-order valence-electron chi connectivity index (χ3n) is 8.85. The van der Waals surface area contributed by atoms with E-state index in [0.717, 1.165) is 44.5 Å². The van der Waals surface area contributed by atoms with Crippen LogP contribution in [0.15, 0.2) is 36.5 Å². The van der Waals surface area contributed by atoms with Crippen LogP contribution in [0.25, 0.3) is 0 Å². The van der Waals surface area contributed by atoms with Gasteiger partial charge in [0.25, 0.3) is 0 Å². The van der Waals surface area contributed by atoms with Gasteiger partial charge in [0, 0.05) is 36.9 Å². The first-order valence-corrected chi connectivity index (χ1v) is 12.9. The molecular formula is C26H40N6O2. The van der Waals surface area contributed by atoms with Crippen LogP contribution in [0.1, 0.15) is 56.2 Å². The lowest BCUT2D eigenvalue weighted by Crippen LogP contribution is -2.57. The zero-order valence-corrected chi connectivity index (χ0v) is 20.7. The number of aliphatic hydroxyl groups is 2. The quantitative estimate of drug-likeness (QED) is 0.615. The Morgan fingerprint density at radius 2 is 1.82 bits per heavy atom. The second kappa shape index (κ2) is 9.66. The van der Waals surface area contributed by atoms with Crippen LogP contribution in [0.2, 0.25) is 0 Å². The van der Waals surface area contributed by atoms with Crippen molar-refractivity contribution in [2.75, 3.05) is 33.8 Å². The molecule has 3 fully saturated rings. The van der Waals surface area contributed by atoms with Crippen molar-refractivity contribution in [1.29, 1.82) is 0 Å². The van der Waals surface area contributed by atoms with Crippen LogP contribution in [-0.4, -0.2) is 85.6 Å². The molecular weight excluding hydrogens is 428 g/mol. The third-order valence-corrected chi connectivity index (χ3v) is 8.85. The molecule has 34 heavy (non-hydrogen) atoms. The fraction of sp³-hybridized carbons (Fsp3) is 0.692. The Morgan fingerprint density at radius 3 is 2.44 bits per heavy atom. The van der Waals surface area contributed by atoms with Gasteiger partial charge in [-0.2, -0.15) is 0 Å². The number of benzene rings is 1. The molecule has 2 aromatic rings. The van der Waals surface area contributed by atoms with E-state index >= 15 is 0 Å². The summed E-state index contributed by atoms with van der Waals surface area (Å²) in [5, 5.41) is 29.1. The van der Waals surface area contributed by atoms with Crippen LogP contribution in [0.3, 0.4) is 0 Å². The van der Waals surface area contributed by atoms with Gasteiger partial charge in [0.15, 0.2) is 6.35 Å². The van der Waals surface area contributed by atoms with Gasteiger partial charge in [-0.1, -0.05) is 42.0 Å². The molecule has 5 rings (SSSR count). The molecule has 2 saturated carbocycles. The Hall–Kier alpha value is -1.84. The summed E-state index contributed by atoms with van der Waals surface area (Å²) < 4.78 is 1.67. The number of hydrogen-bond donors (Lipinski definition) is 2. The topological polar surface area (TPSA) is 80.9 Å². The lowest BCUT2D eigenvalue weighted by molar-refractivity contribution is -0.104. The lowest BCUT2D eigenvalue weighted by Gasteiger charge is -2.52. The Kier molecular flexibility index (Phi) is 6.79. The second-order valence-corrected chi connectivity index (χ2v) is 10.9. The zero-order chi connectivity index (χ0) is 23.8. The maximum atomic E-state index is 11.5. The number of hydrogen-bond acceptors (Lipinski definition) is 7. The molecule has 186 valence electrons. The van der Waals surface area contributed by atoms with E-state index in [1.807, 2.05) is 6.20 Å². The molecule has 2 N–H and O–H groups in total. The van der Waals surface area contributed by atoms with Crippen molar-refractivity contribution in [3.63, 3.8) is 0 Å². The van der Waals surface area contributed by atoms with Crippen molar-refractivity contribution < 1.29 is 10.2 Å². The fourth-order valence-corrected chi connectivity index (χ4v) is 6.52. The number of rotatable bonds is 8. The van der Waals surface area contributed by atoms with Crippen molar-refractivity contribution in [2.24, 2.45) is 5.92 Å². The van der Waals surface area contributed by atoms with Gasteiger partial charge in [-0.05, 0) is 64.1 Å². The molecule has 8 nitrogen and oxygen atoms in total. The minimum atomic E-state index is -0.591. The van der Waals surface area contributed by atoms with Gasteiger partial charge < -0.3 is 10.2 Å². The molecule has 0 radical (unpaired) electrons. The average Bonchev–Trinajstić information content (AvgIpc) is 3.35. The highest BCUT2D eigenvalue weighted by molar-refractivity contribution is 5.26. The molecule has 8 heteroatoms. The first-order chi connectivity index (χ1) is 16.5. The van der Waals surface area contributed by atoms with Gasteiger partial charge in [0.1, 0.15) is 0 Å². The van der Waals surface area contributed by atoms with Gasteiger partial charge in [-0.15, -0.1) is 5.10 Å². The molecule has 0 bridgehead atoms. The molecule has 1 aliphatic heterocycles. The van der Waals surface area contributed by atoms with Crippen LogP contribution in [-0.2, 0) is 18.6 Å². The second-order valence-electron chi connectivity index (χ2n) is 10.9. The first-order valence-electron chi connectivity index (χ1n) is 12.9. The number of aliphatic hydroxyl groups excluding tert-OH is 2.